The predicted molar refractivity (Wildman–Crippen MR) is 39.8 cm³/mol. The largest absolute Gasteiger partial charge is 0.497 e. The lowest BCUT2D eigenvalue weighted by Crippen LogP contribution is -2.15. The molecule has 1 aliphatic rings. The zero-order valence-electron chi connectivity index (χ0n) is 6.53. The fourth-order valence-electron chi connectivity index (χ4n) is 0.901. The Hall–Kier alpha value is -1.25. The maximum Gasteiger partial charge on any atom is 0.303 e. The van der Waals surface area contributed by atoms with Crippen LogP contribution < -0.4 is 0 Å². The number of hydrogen-bond acceptors (Lipinski definition) is 3. The molecule has 0 aromatic carbocycles. The van der Waals surface area contributed by atoms with Crippen molar-refractivity contribution in [1.82, 2.24) is 0 Å². The van der Waals surface area contributed by atoms with Gasteiger partial charge in [-0.15, -0.1) is 0 Å². The van der Waals surface area contributed by atoms with Crippen LogP contribution >= 0.6 is 0 Å². The highest BCUT2D eigenvalue weighted by Crippen LogP contribution is 2.15. The molecule has 0 aliphatic heterocycles. The number of hydrogen-bond donors (Lipinski definition) is 0. The minimum atomic E-state index is -0.322. The number of carbonyl (C=O) groups excluding carboxylic acids is 1. The normalized spacial score (nSPS) is 21.3. The highest BCUT2D eigenvalue weighted by atomic mass is 16.6. The molecule has 1 aliphatic carbocycles. The third-order valence-corrected chi connectivity index (χ3v) is 1.36. The van der Waals surface area contributed by atoms with Crippen molar-refractivity contribution in [3.63, 3.8) is 0 Å². The molecule has 0 aromatic heterocycles. The molecule has 0 saturated heterocycles. The van der Waals surface area contributed by atoms with E-state index in [-0.39, 0.29) is 12.1 Å². The molecule has 11 heavy (non-hydrogen) atoms. The van der Waals surface area contributed by atoms with Crippen LogP contribution in [0, 0.1) is 0 Å². The van der Waals surface area contributed by atoms with Gasteiger partial charge in [0.25, 0.3) is 0 Å². The Morgan fingerprint density at radius 3 is 2.91 bits per heavy atom. The van der Waals surface area contributed by atoms with Crippen molar-refractivity contribution in [1.29, 1.82) is 0 Å². The second-order valence-electron chi connectivity index (χ2n) is 2.19. The highest BCUT2D eigenvalue weighted by molar-refractivity contribution is 5.66. The molecule has 0 aromatic rings. The van der Waals surface area contributed by atoms with Crippen molar-refractivity contribution in [3.8, 4) is 0 Å². The van der Waals surface area contributed by atoms with E-state index in [2.05, 4.69) is 0 Å². The van der Waals surface area contributed by atoms with Gasteiger partial charge in [0.1, 0.15) is 5.76 Å². The molecule has 1 rings (SSSR count). The van der Waals surface area contributed by atoms with Crippen LogP contribution in [0.15, 0.2) is 24.0 Å². The number of carbonyl (C=O) groups is 1. The van der Waals surface area contributed by atoms with E-state index in [0.29, 0.717) is 5.76 Å². The van der Waals surface area contributed by atoms with Gasteiger partial charge in [0, 0.05) is 6.92 Å². The molecule has 0 spiro atoms. The van der Waals surface area contributed by atoms with E-state index in [1.54, 1.807) is 25.3 Å². The Bertz CT molecular complexity index is 215. The van der Waals surface area contributed by atoms with Gasteiger partial charge < -0.3 is 9.47 Å². The van der Waals surface area contributed by atoms with E-state index in [4.69, 9.17) is 9.47 Å². The summed E-state index contributed by atoms with van der Waals surface area (Å²) in [6.07, 6.45) is 5.01. The molecule has 0 radical (unpaired) electrons. The van der Waals surface area contributed by atoms with Gasteiger partial charge in [0.2, 0.25) is 0 Å². The van der Waals surface area contributed by atoms with Crippen molar-refractivity contribution in [2.45, 2.75) is 13.0 Å². The molecule has 0 N–H and O–H groups in total. The molecule has 60 valence electrons. The number of rotatable bonds is 2. The average molecular weight is 154 g/mol. The van der Waals surface area contributed by atoms with Crippen LogP contribution in [0.5, 0.6) is 0 Å². The second kappa shape index (κ2) is 3.23. The summed E-state index contributed by atoms with van der Waals surface area (Å²) in [6.45, 7) is 1.37. The van der Waals surface area contributed by atoms with Crippen LogP contribution in [0.25, 0.3) is 0 Å². The molecular formula is C8H10O3. The molecule has 3 nitrogen and oxygen atoms in total. The molecule has 1 atom stereocenters. The van der Waals surface area contributed by atoms with Crippen molar-refractivity contribution in [3.05, 3.63) is 24.0 Å². The van der Waals surface area contributed by atoms with Crippen molar-refractivity contribution < 1.29 is 14.3 Å². The summed E-state index contributed by atoms with van der Waals surface area (Å²) in [7, 11) is 1.55. The van der Waals surface area contributed by atoms with Crippen LogP contribution in [0.3, 0.4) is 0 Å². The molecule has 0 amide bonds. The molecule has 0 bridgehead atoms. The highest BCUT2D eigenvalue weighted by Gasteiger charge is 2.17. The third-order valence-electron chi connectivity index (χ3n) is 1.36. The van der Waals surface area contributed by atoms with Gasteiger partial charge in [0.05, 0.1) is 7.11 Å². The fraction of sp³-hybridized carbons (Fsp3) is 0.375. The zero-order valence-corrected chi connectivity index (χ0v) is 6.53. The van der Waals surface area contributed by atoms with Gasteiger partial charge in [-0.05, 0) is 12.2 Å². The Morgan fingerprint density at radius 1 is 1.64 bits per heavy atom. The first kappa shape index (κ1) is 7.85. The van der Waals surface area contributed by atoms with Gasteiger partial charge in [-0.2, -0.15) is 0 Å². The van der Waals surface area contributed by atoms with E-state index in [9.17, 15) is 4.79 Å². The maximum atomic E-state index is 10.5. The van der Waals surface area contributed by atoms with E-state index >= 15 is 0 Å². The van der Waals surface area contributed by atoms with Gasteiger partial charge in [-0.3, -0.25) is 4.79 Å². The SMILES string of the molecule is COC1=CC=CC1OC(C)=O. The summed E-state index contributed by atoms with van der Waals surface area (Å²) in [5.74, 6) is 0.365. The van der Waals surface area contributed by atoms with E-state index in [1.165, 1.54) is 6.92 Å². The topological polar surface area (TPSA) is 35.5 Å². The first-order valence-electron chi connectivity index (χ1n) is 3.33. The van der Waals surface area contributed by atoms with Gasteiger partial charge in [0.15, 0.2) is 6.10 Å². The number of allylic oxidation sites excluding steroid dienone is 2. The molecule has 3 heteroatoms. The van der Waals surface area contributed by atoms with Crippen molar-refractivity contribution in [2.24, 2.45) is 0 Å². The number of ether oxygens (including phenoxy) is 2. The quantitative estimate of drug-likeness (QED) is 0.557. The maximum absolute atomic E-state index is 10.5. The predicted octanol–water partition coefficient (Wildman–Crippen LogP) is 1.02. The number of methoxy groups -OCH3 is 1. The van der Waals surface area contributed by atoms with E-state index < -0.39 is 0 Å². The molecular weight excluding hydrogens is 144 g/mol. The average Bonchev–Trinajstić information content (AvgIpc) is 2.34. The molecule has 0 fully saturated rings. The summed E-state index contributed by atoms with van der Waals surface area (Å²) in [6, 6.07) is 0. The Morgan fingerprint density at radius 2 is 2.36 bits per heavy atom. The lowest BCUT2D eigenvalue weighted by molar-refractivity contribution is -0.143. The second-order valence-corrected chi connectivity index (χ2v) is 2.19. The standard InChI is InChI=1S/C8H10O3/c1-6(9)11-8-5-3-4-7(8)10-2/h3-5,8H,1-2H3. The van der Waals surface area contributed by atoms with Gasteiger partial charge >= 0.3 is 5.97 Å². The summed E-state index contributed by atoms with van der Waals surface area (Å²) in [5, 5.41) is 0. The zero-order chi connectivity index (χ0) is 8.27. The molecule has 0 saturated carbocycles. The van der Waals surface area contributed by atoms with Crippen molar-refractivity contribution >= 4 is 5.97 Å². The van der Waals surface area contributed by atoms with Crippen LogP contribution in [0.1, 0.15) is 6.92 Å². The third kappa shape index (κ3) is 1.83. The minimum Gasteiger partial charge on any atom is -0.497 e. The number of esters is 1. The summed E-state index contributed by atoms with van der Waals surface area (Å²) in [5.41, 5.74) is 0. The van der Waals surface area contributed by atoms with E-state index in [0.717, 1.165) is 0 Å². The van der Waals surface area contributed by atoms with E-state index in [1.807, 2.05) is 0 Å². The fourth-order valence-corrected chi connectivity index (χ4v) is 0.901. The summed E-state index contributed by atoms with van der Waals surface area (Å²) in [4.78, 5) is 10.5. The van der Waals surface area contributed by atoms with Gasteiger partial charge in [-0.1, -0.05) is 6.08 Å². The van der Waals surface area contributed by atoms with Crippen molar-refractivity contribution in [2.75, 3.05) is 7.11 Å². The Labute approximate surface area is 65.3 Å². The van der Waals surface area contributed by atoms with Gasteiger partial charge in [-0.25, -0.2) is 0 Å². The summed E-state index contributed by atoms with van der Waals surface area (Å²) >= 11 is 0. The van der Waals surface area contributed by atoms with Crippen LogP contribution in [-0.2, 0) is 14.3 Å². The van der Waals surface area contributed by atoms with Crippen LogP contribution in [0.2, 0.25) is 0 Å². The Balaban J connectivity index is 2.53. The molecule has 1 unspecified atom stereocenters. The summed E-state index contributed by atoms with van der Waals surface area (Å²) < 4.78 is 9.84. The van der Waals surface area contributed by atoms with Crippen LogP contribution in [-0.4, -0.2) is 19.2 Å². The lowest BCUT2D eigenvalue weighted by Gasteiger charge is -2.11. The smallest absolute Gasteiger partial charge is 0.303 e. The Kier molecular flexibility index (Phi) is 2.31. The monoisotopic (exact) mass is 154 g/mol. The van der Waals surface area contributed by atoms with Crippen LogP contribution in [0.4, 0.5) is 0 Å². The first-order valence-corrected chi connectivity index (χ1v) is 3.33. The first-order chi connectivity index (χ1) is 5.24. The lowest BCUT2D eigenvalue weighted by atomic mass is 10.3. The minimum absolute atomic E-state index is 0.301. The molecule has 0 heterocycles.